The molecular weight excluding hydrogens is 376 g/mol. The van der Waals surface area contributed by atoms with Gasteiger partial charge >= 0.3 is 0 Å². The fraction of sp³-hybridized carbons (Fsp3) is 0.278. The molecule has 1 N–H and O–H groups in total. The van der Waals surface area contributed by atoms with Crippen molar-refractivity contribution in [3.8, 4) is 5.75 Å². The van der Waals surface area contributed by atoms with Gasteiger partial charge in [-0.25, -0.2) is 8.42 Å². The summed E-state index contributed by atoms with van der Waals surface area (Å²) in [6.45, 7) is 1.79. The zero-order valence-corrected chi connectivity index (χ0v) is 16.4. The molecule has 0 spiro atoms. The average molecular weight is 397 g/mol. The fourth-order valence-electron chi connectivity index (χ4n) is 2.46. The van der Waals surface area contributed by atoms with E-state index >= 15 is 0 Å². The van der Waals surface area contributed by atoms with Crippen molar-refractivity contribution in [3.63, 3.8) is 0 Å². The summed E-state index contributed by atoms with van der Waals surface area (Å²) in [5, 5.41) is 3.31. The van der Waals surface area contributed by atoms with E-state index in [0.717, 1.165) is 16.1 Å². The molecule has 1 amide bonds. The first-order valence-corrected chi connectivity index (χ1v) is 10.1. The molecule has 2 aromatic carbocycles. The van der Waals surface area contributed by atoms with E-state index in [2.05, 4.69) is 5.32 Å². The first-order chi connectivity index (χ1) is 12.2. The summed E-state index contributed by atoms with van der Waals surface area (Å²) in [6.07, 6.45) is 1.08. The van der Waals surface area contributed by atoms with Crippen LogP contribution in [0.1, 0.15) is 12.0 Å². The van der Waals surface area contributed by atoms with Gasteiger partial charge in [-0.15, -0.1) is 0 Å². The Morgan fingerprint density at radius 3 is 2.54 bits per heavy atom. The van der Waals surface area contributed by atoms with E-state index in [0.29, 0.717) is 22.1 Å². The van der Waals surface area contributed by atoms with E-state index in [-0.39, 0.29) is 18.9 Å². The molecule has 0 atom stereocenters. The van der Waals surface area contributed by atoms with Crippen molar-refractivity contribution in [3.05, 3.63) is 53.1 Å². The van der Waals surface area contributed by atoms with Crippen LogP contribution < -0.4 is 14.4 Å². The van der Waals surface area contributed by atoms with Gasteiger partial charge in [0.05, 0.1) is 19.1 Å². The number of nitrogens with zero attached hydrogens (tertiary/aromatic N) is 1. The Balaban J connectivity index is 2.15. The number of ether oxygens (including phenoxy) is 1. The number of para-hydroxylation sites is 2. The van der Waals surface area contributed by atoms with Crippen molar-refractivity contribution in [2.24, 2.45) is 0 Å². The quantitative estimate of drug-likeness (QED) is 0.777. The van der Waals surface area contributed by atoms with Crippen molar-refractivity contribution >= 4 is 38.9 Å². The number of methoxy groups -OCH3 is 1. The van der Waals surface area contributed by atoms with Gasteiger partial charge in [-0.2, -0.15) is 0 Å². The van der Waals surface area contributed by atoms with Gasteiger partial charge < -0.3 is 10.1 Å². The number of sulfonamides is 1. The maximum atomic E-state index is 12.3. The molecule has 2 aromatic rings. The Hall–Kier alpha value is -2.25. The zero-order chi connectivity index (χ0) is 19.3. The molecule has 0 radical (unpaired) electrons. The van der Waals surface area contributed by atoms with E-state index in [1.54, 1.807) is 49.4 Å². The summed E-state index contributed by atoms with van der Waals surface area (Å²) in [7, 11) is -2.12. The molecule has 8 heteroatoms. The molecule has 0 saturated heterocycles. The van der Waals surface area contributed by atoms with E-state index in [9.17, 15) is 13.2 Å². The predicted octanol–water partition coefficient (Wildman–Crippen LogP) is 3.45. The lowest BCUT2D eigenvalue weighted by molar-refractivity contribution is -0.116. The molecule has 2 rings (SSSR count). The Kier molecular flexibility index (Phi) is 6.50. The van der Waals surface area contributed by atoms with Crippen molar-refractivity contribution in [2.75, 3.05) is 29.5 Å². The average Bonchev–Trinajstić information content (AvgIpc) is 2.58. The number of hydrogen-bond acceptors (Lipinski definition) is 4. The van der Waals surface area contributed by atoms with Gasteiger partial charge in [0.1, 0.15) is 5.75 Å². The van der Waals surface area contributed by atoms with E-state index < -0.39 is 10.0 Å². The summed E-state index contributed by atoms with van der Waals surface area (Å²) in [5.74, 6) is 0.114. The third-order valence-corrected chi connectivity index (χ3v) is 5.43. The van der Waals surface area contributed by atoms with Crippen LogP contribution in [0.5, 0.6) is 5.75 Å². The van der Waals surface area contributed by atoms with Crippen LogP contribution in [-0.2, 0) is 14.8 Å². The summed E-state index contributed by atoms with van der Waals surface area (Å²) >= 11 is 6.05. The second-order valence-electron chi connectivity index (χ2n) is 5.72. The van der Waals surface area contributed by atoms with Crippen LogP contribution >= 0.6 is 11.6 Å². The maximum Gasteiger partial charge on any atom is 0.232 e. The van der Waals surface area contributed by atoms with Gasteiger partial charge in [-0.3, -0.25) is 9.10 Å². The van der Waals surface area contributed by atoms with Gasteiger partial charge in [0.2, 0.25) is 15.9 Å². The van der Waals surface area contributed by atoms with Crippen molar-refractivity contribution < 1.29 is 17.9 Å². The van der Waals surface area contributed by atoms with E-state index in [4.69, 9.17) is 16.3 Å². The monoisotopic (exact) mass is 396 g/mol. The molecule has 0 aliphatic rings. The first kappa shape index (κ1) is 20.1. The van der Waals surface area contributed by atoms with Gasteiger partial charge in [-0.1, -0.05) is 29.8 Å². The van der Waals surface area contributed by atoms with Gasteiger partial charge in [0.15, 0.2) is 0 Å². The number of halogens is 1. The van der Waals surface area contributed by atoms with Crippen LogP contribution in [0.2, 0.25) is 5.02 Å². The minimum Gasteiger partial charge on any atom is -0.495 e. The number of carbonyl (C=O) groups is 1. The molecule has 6 nitrogen and oxygen atoms in total. The molecule has 0 aliphatic heterocycles. The van der Waals surface area contributed by atoms with Crippen LogP contribution in [0.15, 0.2) is 42.5 Å². The minimum atomic E-state index is -3.58. The lowest BCUT2D eigenvalue weighted by atomic mass is 10.2. The molecular formula is C18H21ClN2O4S. The van der Waals surface area contributed by atoms with Crippen LogP contribution in [-0.4, -0.2) is 34.2 Å². The first-order valence-electron chi connectivity index (χ1n) is 7.89. The Morgan fingerprint density at radius 1 is 1.19 bits per heavy atom. The lowest BCUT2D eigenvalue weighted by Crippen LogP contribution is -2.33. The molecule has 0 fully saturated rings. The van der Waals surface area contributed by atoms with Crippen molar-refractivity contribution in [1.29, 1.82) is 0 Å². The van der Waals surface area contributed by atoms with Crippen molar-refractivity contribution in [1.82, 2.24) is 0 Å². The number of amides is 1. The van der Waals surface area contributed by atoms with Crippen molar-refractivity contribution in [2.45, 2.75) is 13.3 Å². The number of carbonyl (C=O) groups excluding carboxylic acids is 1. The van der Waals surface area contributed by atoms with E-state index in [1.807, 2.05) is 0 Å². The van der Waals surface area contributed by atoms with Crippen LogP contribution in [0.25, 0.3) is 0 Å². The topological polar surface area (TPSA) is 75.7 Å². The Bertz CT molecular complexity index is 900. The molecule has 0 heterocycles. The summed E-state index contributed by atoms with van der Waals surface area (Å²) < 4.78 is 30.8. The number of hydrogen-bond donors (Lipinski definition) is 1. The second-order valence-corrected chi connectivity index (χ2v) is 8.03. The van der Waals surface area contributed by atoms with Crippen LogP contribution in [0, 0.1) is 6.92 Å². The van der Waals surface area contributed by atoms with E-state index in [1.165, 1.54) is 7.11 Å². The highest BCUT2D eigenvalue weighted by molar-refractivity contribution is 7.92. The third-order valence-electron chi connectivity index (χ3n) is 3.84. The Morgan fingerprint density at radius 2 is 1.88 bits per heavy atom. The predicted molar refractivity (Wildman–Crippen MR) is 105 cm³/mol. The molecule has 0 unspecified atom stereocenters. The van der Waals surface area contributed by atoms with Crippen LogP contribution in [0.4, 0.5) is 11.4 Å². The molecule has 0 aromatic heterocycles. The molecule has 0 aliphatic carbocycles. The number of anilines is 2. The molecule has 140 valence electrons. The van der Waals surface area contributed by atoms with Gasteiger partial charge in [0, 0.05) is 23.7 Å². The summed E-state index contributed by atoms with van der Waals surface area (Å²) in [4.78, 5) is 12.3. The number of rotatable bonds is 7. The van der Waals surface area contributed by atoms with Gasteiger partial charge in [0.25, 0.3) is 0 Å². The van der Waals surface area contributed by atoms with Crippen LogP contribution in [0.3, 0.4) is 0 Å². The lowest BCUT2D eigenvalue weighted by Gasteiger charge is -2.24. The highest BCUT2D eigenvalue weighted by atomic mass is 35.5. The minimum absolute atomic E-state index is 0.00927. The standard InChI is InChI=1S/C18H21ClN2O4S/c1-13-14(19)7-6-8-15(13)20-18(22)11-12-21(26(3,23)24)16-9-4-5-10-17(16)25-2/h4-10H,11-12H2,1-3H3,(H,20,22). The highest BCUT2D eigenvalue weighted by Crippen LogP contribution is 2.29. The summed E-state index contributed by atoms with van der Waals surface area (Å²) in [5.41, 5.74) is 1.75. The SMILES string of the molecule is COc1ccccc1N(CCC(=O)Nc1cccc(Cl)c1C)S(C)(=O)=O. The second kappa shape index (κ2) is 8.42. The largest absolute Gasteiger partial charge is 0.495 e. The number of nitrogens with one attached hydrogen (secondary N) is 1. The number of benzene rings is 2. The molecule has 0 bridgehead atoms. The fourth-order valence-corrected chi connectivity index (χ4v) is 3.57. The summed E-state index contributed by atoms with van der Waals surface area (Å²) in [6, 6.07) is 12.0. The van der Waals surface area contributed by atoms with Gasteiger partial charge in [-0.05, 0) is 36.8 Å². The maximum absolute atomic E-state index is 12.3. The molecule has 26 heavy (non-hydrogen) atoms. The third kappa shape index (κ3) is 4.89. The smallest absolute Gasteiger partial charge is 0.232 e. The normalized spacial score (nSPS) is 11.1. The molecule has 0 saturated carbocycles. The Labute approximate surface area is 158 Å². The zero-order valence-electron chi connectivity index (χ0n) is 14.8. The highest BCUT2D eigenvalue weighted by Gasteiger charge is 2.21.